The summed E-state index contributed by atoms with van der Waals surface area (Å²) in [4.78, 5) is 21.8. The topological polar surface area (TPSA) is 57.2 Å². The molecular weight excluding hydrogens is 176 g/mol. The maximum absolute atomic E-state index is 11.1. The van der Waals surface area contributed by atoms with Gasteiger partial charge in [0.2, 0.25) is 0 Å². The highest BCUT2D eigenvalue weighted by atomic mass is 32.1. The molecule has 0 N–H and O–H groups in total. The summed E-state index contributed by atoms with van der Waals surface area (Å²) in [5.74, 6) is -1.31. The smallest absolute Gasteiger partial charge is 0.173 e. The Morgan fingerprint density at radius 3 is 2.67 bits per heavy atom. The molecular formula is C8H7O3S-. The Balaban J connectivity index is 2.45. The molecule has 0 unspecified atom stereocenters. The largest absolute Gasteiger partial charge is 0.550 e. The molecule has 0 radical (unpaired) electrons. The molecule has 1 aromatic heterocycles. The number of rotatable bonds is 4. The molecule has 3 nitrogen and oxygen atoms in total. The first-order valence-corrected chi connectivity index (χ1v) is 4.34. The molecule has 0 saturated carbocycles. The number of thiophene rings is 1. The molecule has 0 bridgehead atoms. The van der Waals surface area contributed by atoms with E-state index in [1.807, 2.05) is 0 Å². The maximum atomic E-state index is 11.1. The van der Waals surface area contributed by atoms with Crippen molar-refractivity contribution >= 4 is 23.1 Å². The highest BCUT2D eigenvalue weighted by molar-refractivity contribution is 7.12. The van der Waals surface area contributed by atoms with Crippen molar-refractivity contribution < 1.29 is 14.7 Å². The number of ketones is 1. The van der Waals surface area contributed by atoms with E-state index < -0.39 is 5.97 Å². The van der Waals surface area contributed by atoms with E-state index in [0.29, 0.717) is 4.88 Å². The minimum atomic E-state index is -1.18. The molecule has 64 valence electrons. The lowest BCUT2D eigenvalue weighted by Crippen LogP contribution is -2.22. The van der Waals surface area contributed by atoms with Gasteiger partial charge in [-0.1, -0.05) is 6.07 Å². The van der Waals surface area contributed by atoms with E-state index in [1.54, 1.807) is 17.5 Å². The Morgan fingerprint density at radius 1 is 1.42 bits per heavy atom. The molecule has 0 saturated heterocycles. The summed E-state index contributed by atoms with van der Waals surface area (Å²) in [5.41, 5.74) is 0. The Labute approximate surface area is 73.6 Å². The van der Waals surface area contributed by atoms with Crippen molar-refractivity contribution in [3.63, 3.8) is 0 Å². The number of Topliss-reactive ketones (excluding diaryl/α,β-unsaturated/α-hetero) is 1. The Kier molecular flexibility index (Phi) is 2.99. The van der Waals surface area contributed by atoms with Gasteiger partial charge in [0.25, 0.3) is 0 Å². The van der Waals surface area contributed by atoms with Crippen LogP contribution in [0.4, 0.5) is 0 Å². The molecule has 0 aromatic carbocycles. The van der Waals surface area contributed by atoms with E-state index >= 15 is 0 Å². The third-order valence-corrected chi connectivity index (χ3v) is 2.26. The first-order valence-electron chi connectivity index (χ1n) is 3.46. The second-order valence-electron chi connectivity index (χ2n) is 2.27. The standard InChI is InChI=1S/C8H8O3S/c9-6(3-4-8(10)11)7-2-1-5-12-7/h1-2,5H,3-4H2,(H,10,11)/p-1. The van der Waals surface area contributed by atoms with Crippen LogP contribution in [0.25, 0.3) is 0 Å². The van der Waals surface area contributed by atoms with Crippen molar-refractivity contribution in [3.05, 3.63) is 22.4 Å². The van der Waals surface area contributed by atoms with Crippen LogP contribution in [0.2, 0.25) is 0 Å². The number of carboxylic acids is 1. The zero-order valence-electron chi connectivity index (χ0n) is 6.28. The molecule has 12 heavy (non-hydrogen) atoms. The fourth-order valence-electron chi connectivity index (χ4n) is 0.776. The first-order chi connectivity index (χ1) is 5.70. The van der Waals surface area contributed by atoms with Gasteiger partial charge in [-0.15, -0.1) is 11.3 Å². The lowest BCUT2D eigenvalue weighted by atomic mass is 10.2. The molecule has 0 atom stereocenters. The van der Waals surface area contributed by atoms with E-state index in [-0.39, 0.29) is 18.6 Å². The fraction of sp³-hybridized carbons (Fsp3) is 0.250. The van der Waals surface area contributed by atoms with Gasteiger partial charge in [0, 0.05) is 12.4 Å². The van der Waals surface area contributed by atoms with Crippen LogP contribution in [0.5, 0.6) is 0 Å². The molecule has 0 aliphatic rings. The molecule has 0 spiro atoms. The fourth-order valence-corrected chi connectivity index (χ4v) is 1.47. The summed E-state index contributed by atoms with van der Waals surface area (Å²) < 4.78 is 0. The molecule has 1 heterocycles. The summed E-state index contributed by atoms with van der Waals surface area (Å²) in [5, 5.41) is 11.8. The Morgan fingerprint density at radius 2 is 2.17 bits per heavy atom. The number of aliphatic carboxylic acids is 1. The molecule has 1 aromatic rings. The van der Waals surface area contributed by atoms with Gasteiger partial charge in [-0.2, -0.15) is 0 Å². The third kappa shape index (κ3) is 2.47. The SMILES string of the molecule is O=C([O-])CCC(=O)c1cccs1. The van der Waals surface area contributed by atoms with Crippen LogP contribution in [0.15, 0.2) is 17.5 Å². The minimum absolute atomic E-state index is 0.0306. The number of hydrogen-bond donors (Lipinski definition) is 0. The minimum Gasteiger partial charge on any atom is -0.550 e. The van der Waals surface area contributed by atoms with Crippen molar-refractivity contribution in [3.8, 4) is 0 Å². The van der Waals surface area contributed by atoms with Crippen molar-refractivity contribution in [1.29, 1.82) is 0 Å². The Hall–Kier alpha value is -1.16. The van der Waals surface area contributed by atoms with Crippen molar-refractivity contribution in [2.75, 3.05) is 0 Å². The quantitative estimate of drug-likeness (QED) is 0.637. The summed E-state index contributed by atoms with van der Waals surface area (Å²) in [6.45, 7) is 0. The van der Waals surface area contributed by atoms with Crippen LogP contribution in [-0.4, -0.2) is 11.8 Å². The predicted molar refractivity (Wildman–Crippen MR) is 42.9 cm³/mol. The molecule has 0 fully saturated rings. The van der Waals surface area contributed by atoms with Gasteiger partial charge in [-0.3, -0.25) is 4.79 Å². The summed E-state index contributed by atoms with van der Waals surface area (Å²) in [6.07, 6.45) is -0.167. The zero-order valence-corrected chi connectivity index (χ0v) is 7.10. The highest BCUT2D eigenvalue weighted by Crippen LogP contribution is 2.11. The van der Waals surface area contributed by atoms with Gasteiger partial charge in [-0.05, 0) is 17.9 Å². The van der Waals surface area contributed by atoms with Gasteiger partial charge in [0.1, 0.15) is 0 Å². The van der Waals surface area contributed by atoms with E-state index in [1.165, 1.54) is 11.3 Å². The lowest BCUT2D eigenvalue weighted by molar-refractivity contribution is -0.305. The van der Waals surface area contributed by atoms with E-state index in [2.05, 4.69) is 0 Å². The van der Waals surface area contributed by atoms with Crippen LogP contribution in [0.1, 0.15) is 22.5 Å². The van der Waals surface area contributed by atoms with E-state index in [0.717, 1.165) is 0 Å². The highest BCUT2D eigenvalue weighted by Gasteiger charge is 2.05. The second kappa shape index (κ2) is 4.01. The number of hydrogen-bond acceptors (Lipinski definition) is 4. The van der Waals surface area contributed by atoms with E-state index in [9.17, 15) is 14.7 Å². The predicted octanol–water partition coefficient (Wildman–Crippen LogP) is 0.461. The van der Waals surface area contributed by atoms with Gasteiger partial charge >= 0.3 is 0 Å². The summed E-state index contributed by atoms with van der Waals surface area (Å²) in [7, 11) is 0. The molecule has 1 rings (SSSR count). The van der Waals surface area contributed by atoms with Gasteiger partial charge < -0.3 is 9.90 Å². The second-order valence-corrected chi connectivity index (χ2v) is 3.22. The van der Waals surface area contributed by atoms with Gasteiger partial charge in [0.05, 0.1) is 4.88 Å². The summed E-state index contributed by atoms with van der Waals surface area (Å²) in [6, 6.07) is 3.44. The van der Waals surface area contributed by atoms with Crippen LogP contribution in [-0.2, 0) is 4.79 Å². The number of carbonyl (C=O) groups excluding carboxylic acids is 2. The van der Waals surface area contributed by atoms with Crippen LogP contribution < -0.4 is 5.11 Å². The van der Waals surface area contributed by atoms with E-state index in [4.69, 9.17) is 0 Å². The van der Waals surface area contributed by atoms with Gasteiger partial charge in [-0.25, -0.2) is 0 Å². The average molecular weight is 183 g/mol. The molecule has 0 aliphatic carbocycles. The Bertz CT molecular complexity index is 277. The van der Waals surface area contributed by atoms with Crippen LogP contribution in [0.3, 0.4) is 0 Å². The normalized spacial score (nSPS) is 9.67. The monoisotopic (exact) mass is 183 g/mol. The average Bonchev–Trinajstić information content (AvgIpc) is 2.51. The first kappa shape index (κ1) is 8.93. The number of carbonyl (C=O) groups is 2. The van der Waals surface area contributed by atoms with Crippen LogP contribution in [0, 0.1) is 0 Å². The molecule has 0 aliphatic heterocycles. The molecule has 4 heteroatoms. The lowest BCUT2D eigenvalue weighted by Gasteiger charge is -1.98. The van der Waals surface area contributed by atoms with Gasteiger partial charge in [0.15, 0.2) is 5.78 Å². The van der Waals surface area contributed by atoms with Crippen LogP contribution >= 0.6 is 11.3 Å². The third-order valence-electron chi connectivity index (χ3n) is 1.35. The maximum Gasteiger partial charge on any atom is 0.173 e. The summed E-state index contributed by atoms with van der Waals surface area (Å²) >= 11 is 1.32. The van der Waals surface area contributed by atoms with Crippen molar-refractivity contribution in [1.82, 2.24) is 0 Å². The zero-order chi connectivity index (χ0) is 8.97. The number of carboxylic acid groups (broad SMARTS) is 1. The molecule has 0 amide bonds. The van der Waals surface area contributed by atoms with Crippen molar-refractivity contribution in [2.24, 2.45) is 0 Å². The van der Waals surface area contributed by atoms with Crippen molar-refractivity contribution in [2.45, 2.75) is 12.8 Å².